The van der Waals surface area contributed by atoms with Crippen molar-refractivity contribution in [2.45, 2.75) is 26.8 Å². The van der Waals surface area contributed by atoms with Crippen molar-refractivity contribution in [1.82, 2.24) is 24.8 Å². The molecule has 1 amide bonds. The van der Waals surface area contributed by atoms with Crippen LogP contribution in [-0.2, 0) is 4.74 Å². The Morgan fingerprint density at radius 2 is 2.13 bits per heavy atom. The topological polar surface area (TPSA) is 71.8 Å². The molecule has 0 saturated carbocycles. The maximum Gasteiger partial charge on any atom is 0.257 e. The number of fused-ring (bicyclic) bond motifs is 1. The van der Waals surface area contributed by atoms with Gasteiger partial charge >= 0.3 is 0 Å². The molecule has 0 spiro atoms. The minimum Gasteiger partial charge on any atom is -0.379 e. The van der Waals surface area contributed by atoms with Crippen molar-refractivity contribution >= 4 is 11.6 Å². The summed E-state index contributed by atoms with van der Waals surface area (Å²) in [7, 11) is 0. The highest BCUT2D eigenvalue weighted by Crippen LogP contribution is 2.12. The van der Waals surface area contributed by atoms with Gasteiger partial charge in [-0.15, -0.1) is 0 Å². The molecular formula is C16H23N5O2. The van der Waals surface area contributed by atoms with Crippen molar-refractivity contribution in [2.75, 3.05) is 32.8 Å². The van der Waals surface area contributed by atoms with E-state index in [0.717, 1.165) is 44.2 Å². The first-order valence-electron chi connectivity index (χ1n) is 7.97. The van der Waals surface area contributed by atoms with E-state index >= 15 is 0 Å². The van der Waals surface area contributed by atoms with E-state index in [1.165, 1.54) is 0 Å². The molecule has 1 saturated heterocycles. The third-order valence-corrected chi connectivity index (χ3v) is 4.04. The highest BCUT2D eigenvalue weighted by Gasteiger charge is 2.19. The Morgan fingerprint density at radius 3 is 2.87 bits per heavy atom. The fourth-order valence-electron chi connectivity index (χ4n) is 2.95. The molecule has 0 radical (unpaired) electrons. The van der Waals surface area contributed by atoms with Crippen LogP contribution in [0.2, 0.25) is 0 Å². The Hall–Kier alpha value is -1.99. The van der Waals surface area contributed by atoms with Gasteiger partial charge in [0.15, 0.2) is 5.65 Å². The quantitative estimate of drug-likeness (QED) is 0.903. The molecule has 124 valence electrons. The zero-order valence-electron chi connectivity index (χ0n) is 13.9. The zero-order chi connectivity index (χ0) is 16.4. The Kier molecular flexibility index (Phi) is 4.58. The average Bonchev–Trinajstić information content (AvgIpc) is 2.92. The summed E-state index contributed by atoms with van der Waals surface area (Å²) in [4.78, 5) is 19.3. The van der Waals surface area contributed by atoms with Gasteiger partial charge in [-0.3, -0.25) is 9.69 Å². The van der Waals surface area contributed by atoms with Gasteiger partial charge in [0.1, 0.15) is 5.56 Å². The van der Waals surface area contributed by atoms with E-state index in [2.05, 4.69) is 20.3 Å². The summed E-state index contributed by atoms with van der Waals surface area (Å²) in [6.07, 6.45) is 1.59. The highest BCUT2D eigenvalue weighted by atomic mass is 16.5. The van der Waals surface area contributed by atoms with Crippen molar-refractivity contribution < 1.29 is 9.53 Å². The van der Waals surface area contributed by atoms with Gasteiger partial charge in [0.2, 0.25) is 0 Å². The molecule has 7 heteroatoms. The molecule has 0 unspecified atom stereocenters. The smallest absolute Gasteiger partial charge is 0.257 e. The van der Waals surface area contributed by atoms with Gasteiger partial charge in [-0.2, -0.15) is 5.10 Å². The fraction of sp³-hybridized carbons (Fsp3) is 0.562. The number of rotatable bonds is 4. The van der Waals surface area contributed by atoms with Crippen LogP contribution in [0.5, 0.6) is 0 Å². The van der Waals surface area contributed by atoms with Crippen LogP contribution in [0.4, 0.5) is 0 Å². The molecule has 0 aromatic carbocycles. The first-order chi connectivity index (χ1) is 11.0. The first kappa shape index (κ1) is 15.9. The largest absolute Gasteiger partial charge is 0.379 e. The summed E-state index contributed by atoms with van der Waals surface area (Å²) in [6.45, 7) is 10.1. The Bertz CT molecular complexity index is 706. The first-order valence-corrected chi connectivity index (χ1v) is 7.97. The number of nitrogens with one attached hydrogen (secondary N) is 1. The van der Waals surface area contributed by atoms with Gasteiger partial charge in [-0.25, -0.2) is 9.50 Å². The van der Waals surface area contributed by atoms with Crippen LogP contribution in [0, 0.1) is 13.8 Å². The molecule has 23 heavy (non-hydrogen) atoms. The number of amides is 1. The summed E-state index contributed by atoms with van der Waals surface area (Å²) in [5.41, 5.74) is 2.98. The normalized spacial score (nSPS) is 17.3. The molecule has 3 rings (SSSR count). The van der Waals surface area contributed by atoms with E-state index < -0.39 is 0 Å². The van der Waals surface area contributed by atoms with Crippen LogP contribution in [-0.4, -0.2) is 64.3 Å². The maximum absolute atomic E-state index is 12.5. The number of carbonyl (C=O) groups excluding carboxylic acids is 1. The molecule has 1 aliphatic heterocycles. The van der Waals surface area contributed by atoms with Gasteiger partial charge in [0.05, 0.1) is 19.4 Å². The standard InChI is InChI=1S/C16H23N5O2/c1-11-8-13(3)21-15(18-11)14(9-17-21)16(22)19-12(2)10-20-4-6-23-7-5-20/h8-9,12H,4-7,10H2,1-3H3,(H,19,22)/t12-/m0/s1. The van der Waals surface area contributed by atoms with E-state index in [1.54, 1.807) is 10.7 Å². The summed E-state index contributed by atoms with van der Waals surface area (Å²) in [5.74, 6) is -0.127. The van der Waals surface area contributed by atoms with Crippen molar-refractivity contribution in [2.24, 2.45) is 0 Å². The molecule has 1 atom stereocenters. The summed E-state index contributed by atoms with van der Waals surface area (Å²) in [5, 5.41) is 7.32. The molecule has 2 aromatic heterocycles. The second kappa shape index (κ2) is 6.64. The summed E-state index contributed by atoms with van der Waals surface area (Å²) >= 11 is 0. The number of aromatic nitrogens is 3. The number of hydrogen-bond acceptors (Lipinski definition) is 5. The van der Waals surface area contributed by atoms with Crippen molar-refractivity contribution in [3.63, 3.8) is 0 Å². The molecule has 1 N–H and O–H groups in total. The predicted molar refractivity (Wildman–Crippen MR) is 86.6 cm³/mol. The molecular weight excluding hydrogens is 294 g/mol. The van der Waals surface area contributed by atoms with Gasteiger partial charge in [-0.1, -0.05) is 0 Å². The van der Waals surface area contributed by atoms with E-state index in [-0.39, 0.29) is 11.9 Å². The predicted octanol–water partition coefficient (Wildman–Crippen LogP) is 0.797. The maximum atomic E-state index is 12.5. The van der Waals surface area contributed by atoms with Gasteiger partial charge < -0.3 is 10.1 Å². The third-order valence-electron chi connectivity index (χ3n) is 4.04. The van der Waals surface area contributed by atoms with E-state index in [4.69, 9.17) is 4.74 Å². The lowest BCUT2D eigenvalue weighted by Crippen LogP contribution is -2.46. The lowest BCUT2D eigenvalue weighted by molar-refractivity contribution is 0.0342. The van der Waals surface area contributed by atoms with Crippen LogP contribution in [0.25, 0.3) is 5.65 Å². The second-order valence-electron chi connectivity index (χ2n) is 6.12. The monoisotopic (exact) mass is 317 g/mol. The number of morpholine rings is 1. The Morgan fingerprint density at radius 1 is 1.39 bits per heavy atom. The molecule has 2 aromatic rings. The number of ether oxygens (including phenoxy) is 1. The van der Waals surface area contributed by atoms with Crippen LogP contribution in [0.3, 0.4) is 0 Å². The number of carbonyl (C=O) groups is 1. The SMILES string of the molecule is Cc1cc(C)n2ncc(C(=O)N[C@@H](C)CN3CCOCC3)c2n1. The van der Waals surface area contributed by atoms with Crippen LogP contribution >= 0.6 is 0 Å². The molecule has 3 heterocycles. The highest BCUT2D eigenvalue weighted by molar-refractivity contribution is 5.99. The Labute approximate surface area is 135 Å². The minimum absolute atomic E-state index is 0.0569. The van der Waals surface area contributed by atoms with Crippen molar-refractivity contribution in [3.8, 4) is 0 Å². The summed E-state index contributed by atoms with van der Waals surface area (Å²) in [6, 6.07) is 2.00. The van der Waals surface area contributed by atoms with Crippen molar-refractivity contribution in [1.29, 1.82) is 0 Å². The van der Waals surface area contributed by atoms with Gasteiger partial charge in [0.25, 0.3) is 5.91 Å². The number of hydrogen-bond donors (Lipinski definition) is 1. The van der Waals surface area contributed by atoms with Crippen LogP contribution in [0.15, 0.2) is 12.3 Å². The lowest BCUT2D eigenvalue weighted by atomic mass is 10.2. The molecule has 0 aliphatic carbocycles. The molecule has 1 aliphatic rings. The second-order valence-corrected chi connectivity index (χ2v) is 6.12. The van der Waals surface area contributed by atoms with Crippen LogP contribution < -0.4 is 5.32 Å². The van der Waals surface area contributed by atoms with Gasteiger partial charge in [0, 0.05) is 37.1 Å². The molecule has 0 bridgehead atoms. The minimum atomic E-state index is -0.127. The average molecular weight is 317 g/mol. The fourth-order valence-corrected chi connectivity index (χ4v) is 2.95. The third kappa shape index (κ3) is 3.51. The van der Waals surface area contributed by atoms with E-state index in [9.17, 15) is 4.79 Å². The zero-order valence-corrected chi connectivity index (χ0v) is 13.9. The van der Waals surface area contributed by atoms with E-state index in [1.807, 2.05) is 26.8 Å². The molecule has 1 fully saturated rings. The molecule has 7 nitrogen and oxygen atoms in total. The van der Waals surface area contributed by atoms with Crippen LogP contribution in [0.1, 0.15) is 28.7 Å². The lowest BCUT2D eigenvalue weighted by Gasteiger charge is -2.29. The number of nitrogens with zero attached hydrogens (tertiary/aromatic N) is 4. The van der Waals surface area contributed by atoms with E-state index in [0.29, 0.717) is 11.2 Å². The summed E-state index contributed by atoms with van der Waals surface area (Å²) < 4.78 is 7.05. The number of aryl methyl sites for hydroxylation is 2. The van der Waals surface area contributed by atoms with Gasteiger partial charge in [-0.05, 0) is 26.8 Å². The van der Waals surface area contributed by atoms with Crippen molar-refractivity contribution in [3.05, 3.63) is 29.2 Å². The Balaban J connectivity index is 1.70.